The first-order chi connectivity index (χ1) is 18.1. The van der Waals surface area contributed by atoms with Crippen LogP contribution < -0.4 is 16.0 Å². The fraction of sp³-hybridized carbons (Fsp3) is 0.567. The zero-order valence-electron chi connectivity index (χ0n) is 22.1. The Morgan fingerprint density at radius 1 is 1.05 bits per heavy atom. The van der Waals surface area contributed by atoms with Crippen LogP contribution in [-0.4, -0.2) is 47.9 Å². The van der Waals surface area contributed by atoms with E-state index in [0.717, 1.165) is 75.8 Å². The van der Waals surface area contributed by atoms with E-state index in [4.69, 9.17) is 10.7 Å². The summed E-state index contributed by atoms with van der Waals surface area (Å²) in [6.07, 6.45) is 12.2. The van der Waals surface area contributed by atoms with Crippen molar-refractivity contribution in [2.24, 2.45) is 17.6 Å². The molecule has 7 nitrogen and oxygen atoms in total. The van der Waals surface area contributed by atoms with Crippen molar-refractivity contribution in [2.75, 3.05) is 25.0 Å². The molecule has 3 heterocycles. The molecular weight excluding hydrogens is 462 g/mol. The van der Waals surface area contributed by atoms with E-state index in [0.29, 0.717) is 12.3 Å². The van der Waals surface area contributed by atoms with Gasteiger partial charge in [-0.1, -0.05) is 37.5 Å². The summed E-state index contributed by atoms with van der Waals surface area (Å²) in [6.45, 7) is 1.71. The van der Waals surface area contributed by atoms with Gasteiger partial charge in [0.05, 0.1) is 12.1 Å². The van der Waals surface area contributed by atoms with E-state index >= 15 is 0 Å². The number of likely N-dealkylation sites (N-methyl/N-ethyl adjacent to an activating group) is 1. The highest BCUT2D eigenvalue weighted by atomic mass is 16.2. The summed E-state index contributed by atoms with van der Waals surface area (Å²) in [5.41, 5.74) is 9.43. The summed E-state index contributed by atoms with van der Waals surface area (Å²) < 4.78 is 0. The van der Waals surface area contributed by atoms with Gasteiger partial charge in [-0.2, -0.15) is 0 Å². The highest BCUT2D eigenvalue weighted by molar-refractivity contribution is 5.83. The first kappa shape index (κ1) is 25.7. The van der Waals surface area contributed by atoms with Crippen molar-refractivity contribution < 1.29 is 9.59 Å². The number of nitrogens with one attached hydrogen (secondary N) is 1. The second-order valence-electron chi connectivity index (χ2n) is 11.0. The lowest BCUT2D eigenvalue weighted by Crippen LogP contribution is -2.46. The Balaban J connectivity index is 1.40. The summed E-state index contributed by atoms with van der Waals surface area (Å²) in [6, 6.07) is 12.4. The molecular formula is C30H41N5O2. The van der Waals surface area contributed by atoms with E-state index < -0.39 is 6.04 Å². The zero-order valence-corrected chi connectivity index (χ0v) is 22.1. The molecule has 198 valence electrons. The molecule has 0 spiro atoms. The lowest BCUT2D eigenvalue weighted by Gasteiger charge is -2.36. The molecule has 3 aliphatic rings. The topological polar surface area (TPSA) is 91.6 Å². The molecule has 1 saturated carbocycles. The number of nitrogens with zero attached hydrogens (tertiary/aromatic N) is 3. The number of carbonyl (C=O) groups is 2. The average molecular weight is 504 g/mol. The lowest BCUT2D eigenvalue weighted by atomic mass is 9.76. The van der Waals surface area contributed by atoms with Gasteiger partial charge in [0, 0.05) is 30.9 Å². The van der Waals surface area contributed by atoms with E-state index in [1.807, 2.05) is 6.20 Å². The van der Waals surface area contributed by atoms with Crippen molar-refractivity contribution in [3.63, 3.8) is 0 Å². The fourth-order valence-electron chi connectivity index (χ4n) is 6.81. The van der Waals surface area contributed by atoms with Gasteiger partial charge in [-0.05, 0) is 87.2 Å². The van der Waals surface area contributed by atoms with Crippen LogP contribution in [-0.2, 0) is 16.0 Å². The van der Waals surface area contributed by atoms with Gasteiger partial charge in [-0.3, -0.25) is 9.59 Å². The van der Waals surface area contributed by atoms with Crippen molar-refractivity contribution in [2.45, 2.75) is 76.3 Å². The second kappa shape index (κ2) is 11.6. The third-order valence-electron chi connectivity index (χ3n) is 8.79. The first-order valence-electron chi connectivity index (χ1n) is 14.1. The number of nitrogens with two attached hydrogens (primary N) is 1. The number of amides is 2. The molecule has 3 N–H and O–H groups in total. The number of rotatable bonds is 8. The lowest BCUT2D eigenvalue weighted by molar-refractivity contribution is -0.139. The number of primary amides is 1. The number of para-hydroxylation sites is 1. The zero-order chi connectivity index (χ0) is 25.8. The number of benzene rings is 1. The van der Waals surface area contributed by atoms with Crippen LogP contribution in [0.15, 0.2) is 42.6 Å². The molecule has 0 radical (unpaired) electrons. The molecule has 2 amide bonds. The van der Waals surface area contributed by atoms with Gasteiger partial charge in [0.25, 0.3) is 0 Å². The normalized spacial score (nSPS) is 21.9. The van der Waals surface area contributed by atoms with Gasteiger partial charge in [0.2, 0.25) is 11.8 Å². The molecule has 3 unspecified atom stereocenters. The predicted octanol–water partition coefficient (Wildman–Crippen LogP) is 4.49. The summed E-state index contributed by atoms with van der Waals surface area (Å²) >= 11 is 0. The summed E-state index contributed by atoms with van der Waals surface area (Å²) in [4.78, 5) is 35.4. The molecule has 1 aliphatic carbocycles. The standard InChI is InChI=1S/C30H41N5O2/c1-32-25(29(31)36)20-24(21-9-3-2-4-10-21)30(37)35-18-8-14-27(35)23-15-16-33-28(19-23)34-17-7-12-22-11-5-6-13-26(22)34/h5-6,11,13,15-16,19,21,24-25,27,32H,2-4,7-10,12,14,17-18,20H2,1H3,(H2,31,36). The average Bonchev–Trinajstić information content (AvgIpc) is 3.44. The largest absolute Gasteiger partial charge is 0.368 e. The summed E-state index contributed by atoms with van der Waals surface area (Å²) in [5.74, 6) is 0.903. The van der Waals surface area contributed by atoms with E-state index in [2.05, 4.69) is 51.5 Å². The maximum absolute atomic E-state index is 14.2. The Kier molecular flexibility index (Phi) is 8.08. The fourth-order valence-corrected chi connectivity index (χ4v) is 6.81. The molecule has 2 aliphatic heterocycles. The number of likely N-dealkylation sites (tertiary alicyclic amines) is 1. The van der Waals surface area contributed by atoms with Crippen LogP contribution in [0.4, 0.5) is 11.5 Å². The molecule has 0 bridgehead atoms. The van der Waals surface area contributed by atoms with E-state index in [1.165, 1.54) is 17.7 Å². The molecule has 2 fully saturated rings. The van der Waals surface area contributed by atoms with Gasteiger partial charge in [-0.15, -0.1) is 0 Å². The van der Waals surface area contributed by atoms with Crippen LogP contribution in [0.2, 0.25) is 0 Å². The third kappa shape index (κ3) is 5.52. The molecule has 7 heteroatoms. The van der Waals surface area contributed by atoms with Gasteiger partial charge in [0.1, 0.15) is 5.82 Å². The first-order valence-corrected chi connectivity index (χ1v) is 14.1. The minimum Gasteiger partial charge on any atom is -0.368 e. The van der Waals surface area contributed by atoms with Crippen LogP contribution in [0, 0.1) is 11.8 Å². The number of pyridine rings is 1. The summed E-state index contributed by atoms with van der Waals surface area (Å²) in [5, 5.41) is 3.05. The molecule has 1 aromatic heterocycles. The van der Waals surface area contributed by atoms with Gasteiger partial charge >= 0.3 is 0 Å². The smallest absolute Gasteiger partial charge is 0.234 e. The van der Waals surface area contributed by atoms with Crippen LogP contribution in [0.25, 0.3) is 0 Å². The maximum atomic E-state index is 14.2. The highest BCUT2D eigenvalue weighted by Crippen LogP contribution is 2.40. The number of aromatic nitrogens is 1. The van der Waals surface area contributed by atoms with Crippen LogP contribution >= 0.6 is 0 Å². The van der Waals surface area contributed by atoms with Crippen LogP contribution in [0.1, 0.15) is 75.0 Å². The molecule has 2 aromatic rings. The Labute approximate surface area is 220 Å². The molecule has 3 atom stereocenters. The third-order valence-corrected chi connectivity index (χ3v) is 8.79. The quantitative estimate of drug-likeness (QED) is 0.554. The minimum absolute atomic E-state index is 0.0435. The predicted molar refractivity (Wildman–Crippen MR) is 146 cm³/mol. The number of hydrogen-bond acceptors (Lipinski definition) is 5. The van der Waals surface area contributed by atoms with Crippen LogP contribution in [0.3, 0.4) is 0 Å². The van der Waals surface area contributed by atoms with Gasteiger partial charge in [0.15, 0.2) is 0 Å². The monoisotopic (exact) mass is 503 g/mol. The van der Waals surface area contributed by atoms with Crippen molar-refractivity contribution in [1.82, 2.24) is 15.2 Å². The van der Waals surface area contributed by atoms with Crippen molar-refractivity contribution in [3.8, 4) is 0 Å². The van der Waals surface area contributed by atoms with Gasteiger partial charge < -0.3 is 20.9 Å². The van der Waals surface area contributed by atoms with Crippen molar-refractivity contribution >= 4 is 23.3 Å². The number of fused-ring (bicyclic) bond motifs is 1. The van der Waals surface area contributed by atoms with E-state index in [9.17, 15) is 9.59 Å². The highest BCUT2D eigenvalue weighted by Gasteiger charge is 2.39. The second-order valence-corrected chi connectivity index (χ2v) is 11.0. The van der Waals surface area contributed by atoms with E-state index in [-0.39, 0.29) is 23.8 Å². The Morgan fingerprint density at radius 3 is 2.65 bits per heavy atom. The number of hydrogen-bond donors (Lipinski definition) is 2. The Morgan fingerprint density at radius 2 is 1.86 bits per heavy atom. The molecule has 1 aromatic carbocycles. The Hall–Kier alpha value is -2.93. The molecule has 37 heavy (non-hydrogen) atoms. The van der Waals surface area contributed by atoms with Crippen molar-refractivity contribution in [3.05, 3.63) is 53.7 Å². The molecule has 1 saturated heterocycles. The number of anilines is 2. The maximum Gasteiger partial charge on any atom is 0.234 e. The SMILES string of the molecule is CNC(CC(C(=O)N1CCCC1c1ccnc(N2CCCc3ccccc32)c1)C1CCCCC1)C(N)=O. The number of aryl methyl sites for hydroxylation is 1. The number of carbonyl (C=O) groups excluding carboxylic acids is 2. The van der Waals surface area contributed by atoms with Gasteiger partial charge in [-0.25, -0.2) is 4.98 Å². The van der Waals surface area contributed by atoms with Crippen LogP contribution in [0.5, 0.6) is 0 Å². The van der Waals surface area contributed by atoms with E-state index in [1.54, 1.807) is 7.05 Å². The summed E-state index contributed by atoms with van der Waals surface area (Å²) in [7, 11) is 1.76. The Bertz CT molecular complexity index is 1100. The van der Waals surface area contributed by atoms with Crippen molar-refractivity contribution in [1.29, 1.82) is 0 Å². The minimum atomic E-state index is -0.483. The molecule has 5 rings (SSSR count).